The van der Waals surface area contributed by atoms with Gasteiger partial charge in [0.05, 0.1) is 33.2 Å². The zero-order valence-corrected chi connectivity index (χ0v) is 7.16. The maximum Gasteiger partial charge on any atom is 0.0823 e. The second kappa shape index (κ2) is 6.99. The fraction of sp³-hybridized carbons (Fsp3) is 1.00. The minimum atomic E-state index is 1.07. The Hall–Kier alpha value is -0.120. The molecule has 0 radical (unpaired) electrons. The van der Waals surface area contributed by atoms with Crippen LogP contribution in [-0.2, 0) is 0 Å². The standard InChI is InChI=1S/C7H19N3/c1-10(6-2-4-8)7-3-5-9/h2-9H2,1H3/p+3. The molecule has 62 valence electrons. The van der Waals surface area contributed by atoms with Crippen molar-refractivity contribution in [2.75, 3.05) is 33.2 Å². The van der Waals surface area contributed by atoms with Gasteiger partial charge in [0.1, 0.15) is 0 Å². The first-order valence-electron chi connectivity index (χ1n) is 4.21. The third kappa shape index (κ3) is 6.01. The van der Waals surface area contributed by atoms with E-state index in [2.05, 4.69) is 18.5 Å². The van der Waals surface area contributed by atoms with Gasteiger partial charge in [-0.15, -0.1) is 0 Å². The molecule has 0 fully saturated rings. The van der Waals surface area contributed by atoms with E-state index in [1.165, 1.54) is 25.9 Å². The van der Waals surface area contributed by atoms with E-state index >= 15 is 0 Å². The second-order valence-corrected chi connectivity index (χ2v) is 2.87. The molecule has 0 saturated heterocycles. The molecule has 3 nitrogen and oxygen atoms in total. The number of hydrogen-bond acceptors (Lipinski definition) is 0. The van der Waals surface area contributed by atoms with Crippen LogP contribution in [0.5, 0.6) is 0 Å². The van der Waals surface area contributed by atoms with E-state index < -0.39 is 0 Å². The van der Waals surface area contributed by atoms with Crippen molar-refractivity contribution in [3.05, 3.63) is 0 Å². The normalized spacial score (nSPS) is 10.8. The highest BCUT2D eigenvalue weighted by Crippen LogP contribution is 1.64. The van der Waals surface area contributed by atoms with Gasteiger partial charge < -0.3 is 16.4 Å². The van der Waals surface area contributed by atoms with Gasteiger partial charge in [-0.05, 0) is 0 Å². The van der Waals surface area contributed by atoms with E-state index in [0.717, 1.165) is 13.1 Å². The predicted molar refractivity (Wildman–Crippen MR) is 41.4 cm³/mol. The first kappa shape index (κ1) is 9.88. The lowest BCUT2D eigenvalue weighted by molar-refractivity contribution is -0.881. The van der Waals surface area contributed by atoms with E-state index in [1.807, 2.05) is 0 Å². The molecule has 0 aliphatic rings. The van der Waals surface area contributed by atoms with Crippen LogP contribution in [0.1, 0.15) is 12.8 Å². The molecule has 0 saturated carbocycles. The molecule has 0 aliphatic heterocycles. The molecule has 10 heavy (non-hydrogen) atoms. The highest BCUT2D eigenvalue weighted by Gasteiger charge is 1.99. The van der Waals surface area contributed by atoms with E-state index in [9.17, 15) is 0 Å². The average Bonchev–Trinajstić information content (AvgIpc) is 1.97. The fourth-order valence-corrected chi connectivity index (χ4v) is 0.979. The van der Waals surface area contributed by atoms with Crippen molar-refractivity contribution in [3.63, 3.8) is 0 Å². The highest BCUT2D eigenvalue weighted by molar-refractivity contribution is 4.29. The van der Waals surface area contributed by atoms with E-state index in [-0.39, 0.29) is 0 Å². The Morgan fingerprint density at radius 2 is 1.40 bits per heavy atom. The minimum Gasteiger partial charge on any atom is -0.357 e. The van der Waals surface area contributed by atoms with Gasteiger partial charge >= 0.3 is 0 Å². The zero-order chi connectivity index (χ0) is 7.82. The lowest BCUT2D eigenvalue weighted by Crippen LogP contribution is -3.09. The molecule has 0 aliphatic carbocycles. The van der Waals surface area contributed by atoms with Crippen LogP contribution in [0.2, 0.25) is 0 Å². The van der Waals surface area contributed by atoms with Gasteiger partial charge in [0.25, 0.3) is 0 Å². The molecule has 0 aromatic carbocycles. The molecule has 0 atom stereocenters. The summed E-state index contributed by atoms with van der Waals surface area (Å²) in [7, 11) is 2.24. The van der Waals surface area contributed by atoms with Crippen molar-refractivity contribution < 1.29 is 16.4 Å². The lowest BCUT2D eigenvalue weighted by Gasteiger charge is -2.10. The van der Waals surface area contributed by atoms with Gasteiger partial charge in [-0.25, -0.2) is 0 Å². The van der Waals surface area contributed by atoms with Gasteiger partial charge in [-0.3, -0.25) is 0 Å². The summed E-state index contributed by atoms with van der Waals surface area (Å²) in [5.41, 5.74) is 7.62. The van der Waals surface area contributed by atoms with Crippen LogP contribution in [-0.4, -0.2) is 33.2 Å². The first-order chi connectivity index (χ1) is 4.81. The summed E-state index contributed by atoms with van der Waals surface area (Å²) < 4.78 is 0. The predicted octanol–water partition coefficient (Wildman–Crippen LogP) is -3.23. The van der Waals surface area contributed by atoms with Gasteiger partial charge in [-0.2, -0.15) is 0 Å². The van der Waals surface area contributed by atoms with Crippen LogP contribution in [0.15, 0.2) is 0 Å². The number of hydrogen-bond donors (Lipinski definition) is 3. The Morgan fingerprint density at radius 3 is 1.70 bits per heavy atom. The third-order valence-corrected chi connectivity index (χ3v) is 1.71. The molecule has 0 aromatic rings. The maximum absolute atomic E-state index is 3.81. The Balaban J connectivity index is 3.00. The quantitative estimate of drug-likeness (QED) is 0.355. The van der Waals surface area contributed by atoms with Gasteiger partial charge in [0, 0.05) is 12.8 Å². The monoisotopic (exact) mass is 148 g/mol. The second-order valence-electron chi connectivity index (χ2n) is 2.87. The molecular weight excluding hydrogens is 126 g/mol. The van der Waals surface area contributed by atoms with Crippen LogP contribution in [0, 0.1) is 0 Å². The van der Waals surface area contributed by atoms with Gasteiger partial charge in [0.2, 0.25) is 0 Å². The van der Waals surface area contributed by atoms with Crippen molar-refractivity contribution in [2.45, 2.75) is 12.8 Å². The average molecular weight is 148 g/mol. The topological polar surface area (TPSA) is 59.7 Å². The summed E-state index contributed by atoms with van der Waals surface area (Å²) in [5.74, 6) is 0. The Bertz CT molecular complexity index is 57.9. The largest absolute Gasteiger partial charge is 0.357 e. The number of rotatable bonds is 6. The van der Waals surface area contributed by atoms with Crippen LogP contribution in [0.3, 0.4) is 0 Å². The van der Waals surface area contributed by atoms with Crippen LogP contribution >= 0.6 is 0 Å². The Morgan fingerprint density at radius 1 is 1.00 bits per heavy atom. The van der Waals surface area contributed by atoms with Gasteiger partial charge in [0.15, 0.2) is 0 Å². The minimum absolute atomic E-state index is 1.07. The summed E-state index contributed by atoms with van der Waals surface area (Å²) in [5, 5.41) is 0. The summed E-state index contributed by atoms with van der Waals surface area (Å²) in [6, 6.07) is 0. The summed E-state index contributed by atoms with van der Waals surface area (Å²) >= 11 is 0. The maximum atomic E-state index is 3.81. The molecule has 0 unspecified atom stereocenters. The van der Waals surface area contributed by atoms with Crippen molar-refractivity contribution in [1.82, 2.24) is 0 Å². The molecule has 0 spiro atoms. The number of nitrogens with one attached hydrogen (secondary N) is 1. The first-order valence-corrected chi connectivity index (χ1v) is 4.21. The molecule has 0 bridgehead atoms. The summed E-state index contributed by atoms with van der Waals surface area (Å²) in [6.07, 6.45) is 2.51. The smallest absolute Gasteiger partial charge is 0.0823 e. The van der Waals surface area contributed by atoms with Crippen molar-refractivity contribution >= 4 is 0 Å². The molecule has 0 amide bonds. The Kier molecular flexibility index (Phi) is 6.91. The molecule has 0 heterocycles. The number of quaternary nitrogens is 3. The third-order valence-electron chi connectivity index (χ3n) is 1.71. The Labute approximate surface area is 63.4 Å². The highest BCUT2D eigenvalue weighted by atomic mass is 15.1. The molecule has 7 N–H and O–H groups in total. The molecule has 0 aromatic heterocycles. The SMILES string of the molecule is C[NH+](CCC[NH3+])CCC[NH3+]. The van der Waals surface area contributed by atoms with E-state index in [0.29, 0.717) is 0 Å². The zero-order valence-electron chi connectivity index (χ0n) is 7.16. The molecule has 3 heteroatoms. The fourth-order valence-electron chi connectivity index (χ4n) is 0.979. The van der Waals surface area contributed by atoms with Gasteiger partial charge in [-0.1, -0.05) is 0 Å². The van der Waals surface area contributed by atoms with Crippen LogP contribution in [0.4, 0.5) is 0 Å². The molecular formula is C7H22N3+3. The van der Waals surface area contributed by atoms with Crippen molar-refractivity contribution in [2.24, 2.45) is 0 Å². The van der Waals surface area contributed by atoms with Crippen LogP contribution < -0.4 is 16.4 Å². The lowest BCUT2D eigenvalue weighted by atomic mass is 10.3. The van der Waals surface area contributed by atoms with Crippen molar-refractivity contribution in [1.29, 1.82) is 0 Å². The summed E-state index contributed by atoms with van der Waals surface area (Å²) in [4.78, 5) is 1.62. The summed E-state index contributed by atoms with van der Waals surface area (Å²) in [6.45, 7) is 4.68. The molecule has 0 rings (SSSR count). The van der Waals surface area contributed by atoms with E-state index in [4.69, 9.17) is 0 Å². The van der Waals surface area contributed by atoms with Crippen molar-refractivity contribution in [3.8, 4) is 0 Å². The van der Waals surface area contributed by atoms with E-state index in [1.54, 1.807) is 4.90 Å². The van der Waals surface area contributed by atoms with Crippen LogP contribution in [0.25, 0.3) is 0 Å².